The summed E-state index contributed by atoms with van der Waals surface area (Å²) in [6.45, 7) is 3.92. The van der Waals surface area contributed by atoms with E-state index in [1.54, 1.807) is 13.3 Å². The summed E-state index contributed by atoms with van der Waals surface area (Å²) in [5.74, 6) is 1.34. The highest BCUT2D eigenvalue weighted by Gasteiger charge is 2.24. The largest absolute Gasteiger partial charge is 0.467 e. The van der Waals surface area contributed by atoms with E-state index in [4.69, 9.17) is 22.1 Å². The van der Waals surface area contributed by atoms with E-state index in [1.165, 1.54) is 0 Å². The maximum absolute atomic E-state index is 6.14. The lowest BCUT2D eigenvalue weighted by Gasteiger charge is -2.34. The fraction of sp³-hybridized carbons (Fsp3) is 0.667. The molecule has 0 aromatic carbocycles. The molecule has 1 aliphatic heterocycles. The summed E-state index contributed by atoms with van der Waals surface area (Å²) in [7, 11) is 1.55. The fourth-order valence-corrected chi connectivity index (χ4v) is 2.51. The van der Waals surface area contributed by atoms with Crippen LogP contribution in [0, 0.1) is 5.92 Å². The average Bonchev–Trinajstić information content (AvgIpc) is 2.39. The van der Waals surface area contributed by atoms with Crippen molar-refractivity contribution >= 4 is 17.4 Å². The molecule has 2 heterocycles. The van der Waals surface area contributed by atoms with Gasteiger partial charge in [-0.2, -0.15) is 4.98 Å². The number of hydrogen-bond donors (Lipinski definition) is 1. The molecule has 1 fully saturated rings. The predicted octanol–water partition coefficient (Wildman–Crippen LogP) is 1.70. The number of rotatable bonds is 3. The summed E-state index contributed by atoms with van der Waals surface area (Å²) in [4.78, 5) is 10.5. The molecule has 1 aromatic rings. The van der Waals surface area contributed by atoms with Gasteiger partial charge >= 0.3 is 6.01 Å². The van der Waals surface area contributed by atoms with Crippen molar-refractivity contribution in [2.24, 2.45) is 11.7 Å². The number of nitrogens with zero attached hydrogens (tertiary/aromatic N) is 3. The van der Waals surface area contributed by atoms with Gasteiger partial charge in [-0.25, -0.2) is 4.98 Å². The Hall–Kier alpha value is -1.07. The van der Waals surface area contributed by atoms with Crippen LogP contribution in [-0.2, 0) is 0 Å². The van der Waals surface area contributed by atoms with Crippen molar-refractivity contribution in [3.63, 3.8) is 0 Å². The molecule has 18 heavy (non-hydrogen) atoms. The summed E-state index contributed by atoms with van der Waals surface area (Å²) < 4.78 is 5.03. The number of nitrogens with two attached hydrogens (primary N) is 1. The van der Waals surface area contributed by atoms with Gasteiger partial charge in [0.25, 0.3) is 0 Å². The number of anilines is 1. The maximum Gasteiger partial charge on any atom is 0.318 e. The van der Waals surface area contributed by atoms with E-state index in [-0.39, 0.29) is 6.04 Å². The Morgan fingerprint density at radius 1 is 1.50 bits per heavy atom. The molecule has 2 N–H and O–H groups in total. The molecule has 0 bridgehead atoms. The second-order valence-corrected chi connectivity index (χ2v) is 5.12. The van der Waals surface area contributed by atoms with Gasteiger partial charge in [-0.15, -0.1) is 0 Å². The van der Waals surface area contributed by atoms with E-state index < -0.39 is 0 Å². The van der Waals surface area contributed by atoms with Crippen molar-refractivity contribution in [2.45, 2.75) is 25.8 Å². The monoisotopic (exact) mass is 270 g/mol. The number of ether oxygens (including phenoxy) is 1. The third-order valence-corrected chi connectivity index (χ3v) is 3.74. The third-order valence-electron chi connectivity index (χ3n) is 3.47. The van der Waals surface area contributed by atoms with E-state index in [0.29, 0.717) is 17.0 Å². The van der Waals surface area contributed by atoms with Crippen molar-refractivity contribution in [3.8, 4) is 6.01 Å². The van der Waals surface area contributed by atoms with Crippen LogP contribution in [-0.4, -0.2) is 36.2 Å². The molecule has 6 heteroatoms. The summed E-state index contributed by atoms with van der Waals surface area (Å²) in [6.07, 6.45) is 3.72. The first-order chi connectivity index (χ1) is 8.61. The van der Waals surface area contributed by atoms with Crippen LogP contribution in [0.5, 0.6) is 6.01 Å². The molecule has 0 radical (unpaired) electrons. The Bertz CT molecular complexity index is 405. The summed E-state index contributed by atoms with van der Waals surface area (Å²) in [6, 6.07) is 0.603. The van der Waals surface area contributed by atoms with Crippen LogP contribution in [0.25, 0.3) is 0 Å². The molecule has 0 amide bonds. The molecule has 0 spiro atoms. The second kappa shape index (κ2) is 5.71. The van der Waals surface area contributed by atoms with Crippen LogP contribution in [0.2, 0.25) is 5.02 Å². The van der Waals surface area contributed by atoms with Crippen molar-refractivity contribution in [3.05, 3.63) is 11.2 Å². The molecule has 0 aliphatic carbocycles. The van der Waals surface area contributed by atoms with Crippen molar-refractivity contribution in [1.29, 1.82) is 0 Å². The van der Waals surface area contributed by atoms with Crippen LogP contribution in [0.15, 0.2) is 6.20 Å². The number of piperidine rings is 1. The van der Waals surface area contributed by atoms with Crippen LogP contribution < -0.4 is 15.4 Å². The molecule has 1 saturated heterocycles. The molecular formula is C12H19ClN4O. The lowest BCUT2D eigenvalue weighted by atomic mass is 9.91. The lowest BCUT2D eigenvalue weighted by molar-refractivity contribution is 0.350. The van der Waals surface area contributed by atoms with E-state index in [2.05, 4.69) is 21.8 Å². The standard InChI is InChI=1S/C12H19ClN4O/c1-8(14)9-3-5-17(6-4-9)11-10(13)7-15-12(16-11)18-2/h7-9H,3-6,14H2,1-2H3. The maximum atomic E-state index is 6.14. The van der Waals surface area contributed by atoms with E-state index >= 15 is 0 Å². The molecule has 100 valence electrons. The zero-order chi connectivity index (χ0) is 13.1. The minimum absolute atomic E-state index is 0.252. The van der Waals surface area contributed by atoms with Crippen LogP contribution in [0.4, 0.5) is 5.82 Å². The fourth-order valence-electron chi connectivity index (χ4n) is 2.30. The molecule has 2 rings (SSSR count). The highest BCUT2D eigenvalue weighted by molar-refractivity contribution is 6.32. The van der Waals surface area contributed by atoms with Gasteiger partial charge in [0, 0.05) is 19.1 Å². The first-order valence-electron chi connectivity index (χ1n) is 6.19. The topological polar surface area (TPSA) is 64.3 Å². The Labute approximate surface area is 112 Å². The predicted molar refractivity (Wildman–Crippen MR) is 72.2 cm³/mol. The summed E-state index contributed by atoms with van der Waals surface area (Å²) in [5, 5.41) is 0.565. The summed E-state index contributed by atoms with van der Waals surface area (Å²) in [5.41, 5.74) is 5.94. The molecule has 1 aromatic heterocycles. The minimum atomic E-state index is 0.252. The smallest absolute Gasteiger partial charge is 0.318 e. The van der Waals surface area contributed by atoms with Gasteiger partial charge in [-0.3, -0.25) is 0 Å². The SMILES string of the molecule is COc1ncc(Cl)c(N2CCC(C(C)N)CC2)n1. The Morgan fingerprint density at radius 3 is 2.72 bits per heavy atom. The van der Waals surface area contributed by atoms with Gasteiger partial charge in [-0.1, -0.05) is 11.6 Å². The van der Waals surface area contributed by atoms with Gasteiger partial charge in [0.05, 0.1) is 13.3 Å². The molecule has 0 saturated carbocycles. The van der Waals surface area contributed by atoms with Gasteiger partial charge < -0.3 is 15.4 Å². The van der Waals surface area contributed by atoms with E-state index in [1.807, 2.05) is 0 Å². The Morgan fingerprint density at radius 2 is 2.17 bits per heavy atom. The zero-order valence-corrected chi connectivity index (χ0v) is 11.5. The van der Waals surface area contributed by atoms with Crippen molar-refractivity contribution in [1.82, 2.24) is 9.97 Å². The second-order valence-electron chi connectivity index (χ2n) is 4.71. The molecule has 1 atom stereocenters. The molecule has 5 nitrogen and oxygen atoms in total. The first-order valence-corrected chi connectivity index (χ1v) is 6.56. The molecule has 1 unspecified atom stereocenters. The quantitative estimate of drug-likeness (QED) is 0.906. The van der Waals surface area contributed by atoms with Crippen molar-refractivity contribution in [2.75, 3.05) is 25.1 Å². The van der Waals surface area contributed by atoms with Gasteiger partial charge in [0.2, 0.25) is 0 Å². The van der Waals surface area contributed by atoms with E-state index in [9.17, 15) is 0 Å². The van der Waals surface area contributed by atoms with Crippen LogP contribution in [0.1, 0.15) is 19.8 Å². The van der Waals surface area contributed by atoms with Crippen LogP contribution in [0.3, 0.4) is 0 Å². The van der Waals surface area contributed by atoms with E-state index in [0.717, 1.165) is 31.7 Å². The Kier molecular flexibility index (Phi) is 4.24. The number of aromatic nitrogens is 2. The number of methoxy groups -OCH3 is 1. The van der Waals surface area contributed by atoms with Gasteiger partial charge in [0.15, 0.2) is 5.82 Å². The first kappa shape index (κ1) is 13.4. The normalized spacial score (nSPS) is 18.8. The molecular weight excluding hydrogens is 252 g/mol. The van der Waals surface area contributed by atoms with Gasteiger partial charge in [-0.05, 0) is 25.7 Å². The highest BCUT2D eigenvalue weighted by Crippen LogP contribution is 2.29. The Balaban J connectivity index is 2.09. The summed E-state index contributed by atoms with van der Waals surface area (Å²) >= 11 is 6.14. The zero-order valence-electron chi connectivity index (χ0n) is 10.8. The average molecular weight is 271 g/mol. The third kappa shape index (κ3) is 2.84. The molecule has 1 aliphatic rings. The highest BCUT2D eigenvalue weighted by atomic mass is 35.5. The van der Waals surface area contributed by atoms with Gasteiger partial charge in [0.1, 0.15) is 5.02 Å². The van der Waals surface area contributed by atoms with Crippen LogP contribution >= 0.6 is 11.6 Å². The number of halogens is 1. The van der Waals surface area contributed by atoms with Crippen molar-refractivity contribution < 1.29 is 4.74 Å². The minimum Gasteiger partial charge on any atom is -0.467 e. The number of hydrogen-bond acceptors (Lipinski definition) is 5. The lowest BCUT2D eigenvalue weighted by Crippen LogP contribution is -2.40.